The van der Waals surface area contributed by atoms with E-state index in [9.17, 15) is 38.1 Å². The van der Waals surface area contributed by atoms with Crippen LogP contribution >= 0.6 is 23.5 Å². The Bertz CT molecular complexity index is 1110. The second kappa shape index (κ2) is 10.3. The van der Waals surface area contributed by atoms with E-state index in [0.717, 1.165) is 11.1 Å². The van der Waals surface area contributed by atoms with Gasteiger partial charge in [-0.3, -0.25) is 4.52 Å². The van der Waals surface area contributed by atoms with Gasteiger partial charge in [0.05, 0.1) is 13.2 Å². The summed E-state index contributed by atoms with van der Waals surface area (Å²) >= 11 is 0. The van der Waals surface area contributed by atoms with Gasteiger partial charge in [0, 0.05) is 11.1 Å². The minimum Gasteiger partial charge on any atom is -0.387 e. The van der Waals surface area contributed by atoms with E-state index in [0.29, 0.717) is 0 Å². The second-order valence-electron chi connectivity index (χ2n) is 6.99. The van der Waals surface area contributed by atoms with E-state index < -0.39 is 66.8 Å². The van der Waals surface area contributed by atoms with Crippen molar-refractivity contribution in [3.63, 3.8) is 0 Å². The molecule has 1 saturated heterocycles. The molecule has 19 nitrogen and oxygen atoms in total. The number of azide groups is 1. The van der Waals surface area contributed by atoms with Gasteiger partial charge < -0.3 is 45.2 Å². The molecule has 0 aliphatic carbocycles. The molecular formula is C12H20FN6O13P3. The van der Waals surface area contributed by atoms with Crippen LogP contribution in [0.3, 0.4) is 0 Å². The average Bonchev–Trinajstić information content (AvgIpc) is 2.91. The Hall–Kier alpha value is -1.72. The van der Waals surface area contributed by atoms with Crippen molar-refractivity contribution >= 4 is 29.3 Å². The number of aliphatic hydroxyl groups is 2. The van der Waals surface area contributed by atoms with Crippen LogP contribution in [0.2, 0.25) is 0 Å². The summed E-state index contributed by atoms with van der Waals surface area (Å²) in [6, 6.07) is 0. The maximum absolute atomic E-state index is 14.0. The summed E-state index contributed by atoms with van der Waals surface area (Å²) in [5.74, 6) is -0.219. The Labute approximate surface area is 195 Å². The third-order valence-electron chi connectivity index (χ3n) is 4.46. The lowest BCUT2D eigenvalue weighted by Crippen LogP contribution is -2.58. The molecule has 2 unspecified atom stereocenters. The fourth-order valence-corrected chi connectivity index (χ4v) is 6.12. The Morgan fingerprint density at radius 1 is 1.31 bits per heavy atom. The fraction of sp³-hybridized carbons (Fsp3) is 0.583. The van der Waals surface area contributed by atoms with E-state index >= 15 is 0 Å². The van der Waals surface area contributed by atoms with Gasteiger partial charge in [-0.1, -0.05) is 11.7 Å². The van der Waals surface area contributed by atoms with Crippen LogP contribution in [0.25, 0.3) is 10.4 Å². The number of phosphoric acid groups is 3. The van der Waals surface area contributed by atoms with Crippen LogP contribution in [-0.4, -0.2) is 83.9 Å². The van der Waals surface area contributed by atoms with Gasteiger partial charge >= 0.3 is 23.5 Å². The number of nitrogens with zero attached hydrogens (tertiary/aromatic N) is 5. The number of ether oxygens (including phenoxy) is 1. The van der Waals surface area contributed by atoms with Crippen LogP contribution < -0.4 is 5.73 Å². The summed E-state index contributed by atoms with van der Waals surface area (Å²) in [4.78, 5) is 43.2. The predicted molar refractivity (Wildman–Crippen MR) is 110 cm³/mol. The first-order valence-corrected chi connectivity index (χ1v) is 13.4. The van der Waals surface area contributed by atoms with Gasteiger partial charge in [0.1, 0.15) is 30.0 Å². The third-order valence-corrected chi connectivity index (χ3v) is 8.25. The molecule has 2 aliphatic heterocycles. The van der Waals surface area contributed by atoms with Crippen molar-refractivity contribution in [1.82, 2.24) is 4.90 Å². The SMILES string of the molecule is C=C1N=C(N)C=CN1[C@@H]1O[C@](CN=[N+]=[N-])(COP(=O)(O)OP(=O)(O)OP(=O)(O)O)[C@@H](O)[C@]1(O)CF. The molecule has 0 aromatic rings. The lowest BCUT2D eigenvalue weighted by molar-refractivity contribution is -0.140. The molecule has 23 heteroatoms. The first kappa shape index (κ1) is 29.5. The quantitative estimate of drug-likeness (QED) is 0.0712. The topological polar surface area (TPSA) is 300 Å². The van der Waals surface area contributed by atoms with Crippen LogP contribution in [-0.2, 0) is 31.6 Å². The lowest BCUT2D eigenvalue weighted by atomic mass is 9.87. The number of amidine groups is 1. The molecule has 6 atom stereocenters. The minimum absolute atomic E-state index is 0.0263. The zero-order valence-corrected chi connectivity index (χ0v) is 19.9. The molecular weight excluding hydrogens is 548 g/mol. The molecule has 0 bridgehead atoms. The first-order chi connectivity index (χ1) is 15.9. The standard InChI is InChI=1S/C12H20FN6O13P3/c1-7-17-8(14)2-3-19(7)10-12(21,4-13)9(20)11(30-10,5-16-18-15)6-29-34(25,26)32-35(27,28)31-33(22,23)24/h2-3,9-10,20-21H,1,4-6H2,(H2,14,17)(H,25,26)(H,27,28)(H2,22,23,24)/t9-,10-,11-,12-/m1/s1. The van der Waals surface area contributed by atoms with Crippen molar-refractivity contribution in [2.75, 3.05) is 19.8 Å². The van der Waals surface area contributed by atoms with E-state index in [1.807, 2.05) is 0 Å². The molecule has 0 saturated carbocycles. The number of alkyl halides is 1. The van der Waals surface area contributed by atoms with Crippen molar-refractivity contribution in [2.24, 2.45) is 15.8 Å². The molecule has 35 heavy (non-hydrogen) atoms. The highest BCUT2D eigenvalue weighted by Gasteiger charge is 2.65. The molecule has 1 fully saturated rings. The van der Waals surface area contributed by atoms with Crippen LogP contribution in [0.4, 0.5) is 4.39 Å². The lowest BCUT2D eigenvalue weighted by Gasteiger charge is -2.36. The van der Waals surface area contributed by atoms with E-state index in [1.165, 1.54) is 6.08 Å². The van der Waals surface area contributed by atoms with Gasteiger partial charge in [-0.15, -0.1) is 0 Å². The molecule has 2 heterocycles. The average molecular weight is 568 g/mol. The van der Waals surface area contributed by atoms with Gasteiger partial charge in [0.2, 0.25) is 0 Å². The van der Waals surface area contributed by atoms with Crippen molar-refractivity contribution in [2.45, 2.75) is 23.5 Å². The molecule has 8 N–H and O–H groups in total. The Morgan fingerprint density at radius 2 is 1.94 bits per heavy atom. The Morgan fingerprint density at radius 3 is 2.46 bits per heavy atom. The molecule has 0 aromatic carbocycles. The number of aliphatic hydroxyl groups excluding tert-OH is 1. The number of aliphatic imine (C=N–C) groups is 1. The summed E-state index contributed by atoms with van der Waals surface area (Å²) < 4.78 is 65.4. The van der Waals surface area contributed by atoms with E-state index in [4.69, 9.17) is 25.8 Å². The van der Waals surface area contributed by atoms with Crippen molar-refractivity contribution < 1.29 is 65.8 Å². The van der Waals surface area contributed by atoms with E-state index in [2.05, 4.69) is 34.7 Å². The number of hydrogen-bond acceptors (Lipinski definition) is 13. The Balaban J connectivity index is 2.37. The molecule has 0 spiro atoms. The summed E-state index contributed by atoms with van der Waals surface area (Å²) in [5, 5.41) is 24.7. The highest BCUT2D eigenvalue weighted by molar-refractivity contribution is 7.66. The number of halogens is 1. The largest absolute Gasteiger partial charge is 0.490 e. The first-order valence-electron chi connectivity index (χ1n) is 8.83. The Kier molecular flexibility index (Phi) is 8.71. The summed E-state index contributed by atoms with van der Waals surface area (Å²) in [7, 11) is -17.3. The van der Waals surface area contributed by atoms with Gasteiger partial charge in [-0.2, -0.15) is 8.62 Å². The molecule has 0 aromatic heterocycles. The smallest absolute Gasteiger partial charge is 0.387 e. The van der Waals surface area contributed by atoms with Gasteiger partial charge in [0.25, 0.3) is 0 Å². The maximum Gasteiger partial charge on any atom is 0.490 e. The summed E-state index contributed by atoms with van der Waals surface area (Å²) in [5.41, 5.74) is 8.88. The van der Waals surface area contributed by atoms with Gasteiger partial charge in [0.15, 0.2) is 11.8 Å². The van der Waals surface area contributed by atoms with Crippen molar-refractivity contribution in [3.05, 3.63) is 35.1 Å². The number of phosphoric ester groups is 1. The zero-order valence-electron chi connectivity index (χ0n) is 17.2. The monoisotopic (exact) mass is 568 g/mol. The second-order valence-corrected chi connectivity index (χ2v) is 11.4. The van der Waals surface area contributed by atoms with Crippen LogP contribution in [0.15, 0.2) is 34.8 Å². The van der Waals surface area contributed by atoms with Crippen LogP contribution in [0, 0.1) is 0 Å². The molecule has 198 valence electrons. The zero-order chi connectivity index (χ0) is 26.9. The minimum atomic E-state index is -5.89. The third kappa shape index (κ3) is 6.95. The predicted octanol–water partition coefficient (Wildman–Crippen LogP) is -0.546. The molecule has 2 aliphatic rings. The molecule has 2 rings (SSSR count). The molecule has 0 radical (unpaired) electrons. The van der Waals surface area contributed by atoms with Crippen LogP contribution in [0.5, 0.6) is 0 Å². The van der Waals surface area contributed by atoms with Crippen molar-refractivity contribution in [3.8, 4) is 0 Å². The maximum atomic E-state index is 14.0. The molecule has 0 amide bonds. The number of nitrogens with two attached hydrogens (primary N) is 1. The van der Waals surface area contributed by atoms with E-state index in [1.54, 1.807) is 0 Å². The normalized spacial score (nSPS) is 32.5. The highest BCUT2D eigenvalue weighted by atomic mass is 31.3. The van der Waals surface area contributed by atoms with E-state index in [-0.39, 0.29) is 11.7 Å². The number of hydrogen-bond donors (Lipinski definition) is 7. The highest BCUT2D eigenvalue weighted by Crippen LogP contribution is 2.66. The summed E-state index contributed by atoms with van der Waals surface area (Å²) in [6.07, 6.45) is -1.87. The van der Waals surface area contributed by atoms with Crippen LogP contribution in [0.1, 0.15) is 0 Å². The fourth-order valence-electron chi connectivity index (χ4n) is 3.04. The summed E-state index contributed by atoms with van der Waals surface area (Å²) in [6.45, 7) is -0.487. The van der Waals surface area contributed by atoms with Gasteiger partial charge in [-0.25, -0.2) is 23.1 Å². The number of rotatable bonds is 11. The van der Waals surface area contributed by atoms with Crippen molar-refractivity contribution in [1.29, 1.82) is 0 Å². The van der Waals surface area contributed by atoms with Gasteiger partial charge in [-0.05, 0) is 11.6 Å².